The van der Waals surface area contributed by atoms with Gasteiger partial charge in [-0.15, -0.1) is 0 Å². The van der Waals surface area contributed by atoms with Gasteiger partial charge in [0.1, 0.15) is 5.76 Å². The van der Waals surface area contributed by atoms with E-state index in [1.165, 1.54) is 6.08 Å². The van der Waals surface area contributed by atoms with Gasteiger partial charge in [0.25, 0.3) is 0 Å². The number of hydrogen-bond donors (Lipinski definition) is 1. The molecule has 0 fully saturated rings. The molecule has 19 heavy (non-hydrogen) atoms. The number of carbonyl (C=O) groups excluding carboxylic acids is 1. The molecule has 2 aromatic heterocycles. The van der Waals surface area contributed by atoms with E-state index in [-0.39, 0.29) is 5.91 Å². The Hall–Kier alpha value is -2.30. The molecule has 2 aromatic rings. The second kappa shape index (κ2) is 5.56. The average Bonchev–Trinajstić information content (AvgIpc) is 2.96. The van der Waals surface area contributed by atoms with Crippen molar-refractivity contribution in [2.24, 2.45) is 7.05 Å². The lowest BCUT2D eigenvalue weighted by Crippen LogP contribution is -2.19. The zero-order chi connectivity index (χ0) is 13.8. The van der Waals surface area contributed by atoms with Crippen LogP contribution in [0.5, 0.6) is 0 Å². The highest BCUT2D eigenvalue weighted by Gasteiger charge is 2.06. The normalized spacial score (nSPS) is 11.1. The Morgan fingerprint density at radius 2 is 2.32 bits per heavy atom. The Morgan fingerprint density at radius 3 is 2.89 bits per heavy atom. The molecule has 0 saturated heterocycles. The Balaban J connectivity index is 1.96. The fourth-order valence-electron chi connectivity index (χ4n) is 1.84. The summed E-state index contributed by atoms with van der Waals surface area (Å²) in [6, 6.07) is 3.61. The van der Waals surface area contributed by atoms with Gasteiger partial charge in [-0.3, -0.25) is 9.48 Å². The minimum absolute atomic E-state index is 0.154. The molecule has 0 aliphatic rings. The Bertz CT molecular complexity index is 594. The topological polar surface area (TPSA) is 60.1 Å². The van der Waals surface area contributed by atoms with Crippen LogP contribution in [0.3, 0.4) is 0 Å². The molecule has 0 unspecified atom stereocenters. The summed E-state index contributed by atoms with van der Waals surface area (Å²) >= 11 is 0. The number of hydrogen-bond acceptors (Lipinski definition) is 3. The summed E-state index contributed by atoms with van der Waals surface area (Å²) in [4.78, 5) is 11.7. The molecule has 5 heteroatoms. The summed E-state index contributed by atoms with van der Waals surface area (Å²) in [6.07, 6.45) is 4.88. The molecule has 5 nitrogen and oxygen atoms in total. The molecule has 0 saturated carbocycles. The fourth-order valence-corrected chi connectivity index (χ4v) is 1.84. The first-order chi connectivity index (χ1) is 9.08. The maximum atomic E-state index is 11.7. The monoisotopic (exact) mass is 259 g/mol. The standard InChI is InChI=1S/C14H17N3O2/c1-10-13(11(2)17(3)16-10)6-7-14(18)15-9-12-5-4-8-19-12/h4-8H,9H2,1-3H3,(H,15,18)/b7-6+. The molecule has 1 N–H and O–H groups in total. The molecule has 100 valence electrons. The highest BCUT2D eigenvalue weighted by Crippen LogP contribution is 2.13. The van der Waals surface area contributed by atoms with Gasteiger partial charge in [0.15, 0.2) is 0 Å². The summed E-state index contributed by atoms with van der Waals surface area (Å²) in [5.41, 5.74) is 2.93. The van der Waals surface area contributed by atoms with E-state index in [9.17, 15) is 4.79 Å². The maximum absolute atomic E-state index is 11.7. The van der Waals surface area contributed by atoms with E-state index in [0.29, 0.717) is 6.54 Å². The number of nitrogens with zero attached hydrogens (tertiary/aromatic N) is 2. The van der Waals surface area contributed by atoms with Crippen LogP contribution in [-0.2, 0) is 18.4 Å². The second-order valence-corrected chi connectivity index (χ2v) is 4.34. The van der Waals surface area contributed by atoms with Gasteiger partial charge in [-0.25, -0.2) is 0 Å². The van der Waals surface area contributed by atoms with Gasteiger partial charge >= 0.3 is 0 Å². The van der Waals surface area contributed by atoms with Gasteiger partial charge < -0.3 is 9.73 Å². The number of rotatable bonds is 4. The van der Waals surface area contributed by atoms with E-state index < -0.39 is 0 Å². The SMILES string of the molecule is Cc1nn(C)c(C)c1/C=C/C(=O)NCc1ccco1. The number of nitrogens with one attached hydrogen (secondary N) is 1. The number of carbonyl (C=O) groups is 1. The Labute approximate surface area is 111 Å². The van der Waals surface area contributed by atoms with Crippen LogP contribution >= 0.6 is 0 Å². The molecule has 0 bridgehead atoms. The minimum Gasteiger partial charge on any atom is -0.467 e. The summed E-state index contributed by atoms with van der Waals surface area (Å²) in [5.74, 6) is 0.578. The smallest absolute Gasteiger partial charge is 0.244 e. The van der Waals surface area contributed by atoms with Crippen LogP contribution in [0.25, 0.3) is 6.08 Å². The van der Waals surface area contributed by atoms with Gasteiger partial charge in [0.05, 0.1) is 18.5 Å². The van der Waals surface area contributed by atoms with E-state index in [4.69, 9.17) is 4.42 Å². The highest BCUT2D eigenvalue weighted by atomic mass is 16.3. The summed E-state index contributed by atoms with van der Waals surface area (Å²) in [7, 11) is 1.89. The van der Waals surface area contributed by atoms with E-state index in [1.54, 1.807) is 23.1 Å². The van der Waals surface area contributed by atoms with Crippen molar-refractivity contribution < 1.29 is 9.21 Å². The first-order valence-corrected chi connectivity index (χ1v) is 6.06. The molecule has 0 aromatic carbocycles. The third kappa shape index (κ3) is 3.13. The third-order valence-electron chi connectivity index (χ3n) is 2.98. The maximum Gasteiger partial charge on any atom is 0.244 e. The molecule has 0 aliphatic carbocycles. The van der Waals surface area contributed by atoms with E-state index >= 15 is 0 Å². The van der Waals surface area contributed by atoms with Crippen LogP contribution in [0.2, 0.25) is 0 Å². The molecule has 0 atom stereocenters. The fraction of sp³-hybridized carbons (Fsp3) is 0.286. The van der Waals surface area contributed by atoms with Gasteiger partial charge in [-0.2, -0.15) is 5.10 Å². The molecule has 2 rings (SSSR count). The zero-order valence-electron chi connectivity index (χ0n) is 11.3. The van der Waals surface area contributed by atoms with Crippen LogP contribution < -0.4 is 5.32 Å². The van der Waals surface area contributed by atoms with Crippen LogP contribution in [-0.4, -0.2) is 15.7 Å². The Morgan fingerprint density at radius 1 is 1.53 bits per heavy atom. The molecule has 0 spiro atoms. The summed E-state index contributed by atoms with van der Waals surface area (Å²) in [5, 5.41) is 7.05. The van der Waals surface area contributed by atoms with E-state index in [0.717, 1.165) is 22.7 Å². The molecule has 0 aliphatic heterocycles. The summed E-state index contributed by atoms with van der Waals surface area (Å²) in [6.45, 7) is 4.29. The van der Waals surface area contributed by atoms with Gasteiger partial charge in [0.2, 0.25) is 5.91 Å². The Kier molecular flexibility index (Phi) is 3.85. The van der Waals surface area contributed by atoms with E-state index in [1.807, 2.05) is 27.0 Å². The van der Waals surface area contributed by atoms with Crippen molar-refractivity contribution in [2.75, 3.05) is 0 Å². The quantitative estimate of drug-likeness (QED) is 0.854. The molecule has 2 heterocycles. The van der Waals surface area contributed by atoms with Crippen molar-refractivity contribution in [3.8, 4) is 0 Å². The van der Waals surface area contributed by atoms with Crippen molar-refractivity contribution in [2.45, 2.75) is 20.4 Å². The van der Waals surface area contributed by atoms with Gasteiger partial charge in [-0.1, -0.05) is 0 Å². The van der Waals surface area contributed by atoms with Crippen LogP contribution in [0.4, 0.5) is 0 Å². The number of aromatic nitrogens is 2. The summed E-state index contributed by atoms with van der Waals surface area (Å²) < 4.78 is 6.94. The van der Waals surface area contributed by atoms with Crippen molar-refractivity contribution in [3.63, 3.8) is 0 Å². The third-order valence-corrected chi connectivity index (χ3v) is 2.98. The van der Waals surface area contributed by atoms with E-state index in [2.05, 4.69) is 10.4 Å². The number of furan rings is 1. The molecular weight excluding hydrogens is 242 g/mol. The van der Waals surface area contributed by atoms with Crippen LogP contribution in [0, 0.1) is 13.8 Å². The number of aryl methyl sites for hydroxylation is 2. The average molecular weight is 259 g/mol. The molecular formula is C14H17N3O2. The predicted octanol–water partition coefficient (Wildman–Crippen LogP) is 1.96. The lowest BCUT2D eigenvalue weighted by Gasteiger charge is -1.98. The van der Waals surface area contributed by atoms with Gasteiger partial charge in [-0.05, 0) is 32.1 Å². The highest BCUT2D eigenvalue weighted by molar-refractivity contribution is 5.91. The van der Waals surface area contributed by atoms with Gasteiger partial charge in [0, 0.05) is 24.4 Å². The molecule has 1 amide bonds. The second-order valence-electron chi connectivity index (χ2n) is 4.34. The van der Waals surface area contributed by atoms with Crippen LogP contribution in [0.1, 0.15) is 22.7 Å². The molecule has 0 radical (unpaired) electrons. The zero-order valence-corrected chi connectivity index (χ0v) is 11.3. The largest absolute Gasteiger partial charge is 0.467 e. The van der Waals surface area contributed by atoms with Crippen molar-refractivity contribution in [1.82, 2.24) is 15.1 Å². The minimum atomic E-state index is -0.154. The van der Waals surface area contributed by atoms with Crippen molar-refractivity contribution in [1.29, 1.82) is 0 Å². The van der Waals surface area contributed by atoms with Crippen LogP contribution in [0.15, 0.2) is 28.9 Å². The lowest BCUT2D eigenvalue weighted by atomic mass is 10.2. The predicted molar refractivity (Wildman–Crippen MR) is 72.3 cm³/mol. The number of amides is 1. The van der Waals surface area contributed by atoms with Crippen molar-refractivity contribution in [3.05, 3.63) is 47.2 Å². The van der Waals surface area contributed by atoms with Crippen molar-refractivity contribution >= 4 is 12.0 Å². The lowest BCUT2D eigenvalue weighted by molar-refractivity contribution is -0.116. The first-order valence-electron chi connectivity index (χ1n) is 6.06. The first kappa shape index (κ1) is 13.1.